The molecule has 0 aliphatic carbocycles. The molecule has 0 unspecified atom stereocenters. The van der Waals surface area contributed by atoms with Gasteiger partial charge in [-0.1, -0.05) is 6.42 Å². The van der Waals surface area contributed by atoms with E-state index in [2.05, 4.69) is 5.32 Å². The number of amides is 1. The molecule has 0 fully saturated rings. The van der Waals surface area contributed by atoms with Gasteiger partial charge in [-0.3, -0.25) is 9.59 Å². The largest absolute Gasteiger partial charge is 0.481 e. The number of hydrogen-bond donors (Lipinski definition) is 2. The van der Waals surface area contributed by atoms with Crippen molar-refractivity contribution >= 4 is 11.9 Å². The van der Waals surface area contributed by atoms with Gasteiger partial charge in [0.25, 0.3) is 5.91 Å². The Bertz CT molecular complexity index is 460. The number of rotatable bonds is 7. The molecule has 2 N–H and O–H groups in total. The second-order valence-corrected chi connectivity index (χ2v) is 4.42. The van der Waals surface area contributed by atoms with E-state index in [1.165, 1.54) is 18.2 Å². The van der Waals surface area contributed by atoms with Gasteiger partial charge in [-0.15, -0.1) is 0 Å². The van der Waals surface area contributed by atoms with Gasteiger partial charge in [0, 0.05) is 18.5 Å². The molecule has 4 nitrogen and oxygen atoms in total. The van der Waals surface area contributed by atoms with E-state index in [1.807, 2.05) is 0 Å². The van der Waals surface area contributed by atoms with Crippen LogP contribution in [0, 0.1) is 12.7 Å². The Kier molecular flexibility index (Phi) is 5.99. The summed E-state index contributed by atoms with van der Waals surface area (Å²) in [5.74, 6) is -1.38. The van der Waals surface area contributed by atoms with Crippen LogP contribution in [-0.2, 0) is 4.79 Å². The minimum absolute atomic E-state index is 0.158. The zero-order valence-electron chi connectivity index (χ0n) is 10.9. The molecular weight excluding hydrogens is 249 g/mol. The number of carbonyl (C=O) groups excluding carboxylic acids is 1. The number of carbonyl (C=O) groups is 2. The molecule has 1 aromatic rings. The molecule has 0 atom stereocenters. The van der Waals surface area contributed by atoms with Crippen LogP contribution in [0.15, 0.2) is 18.2 Å². The van der Waals surface area contributed by atoms with Crippen LogP contribution in [-0.4, -0.2) is 23.5 Å². The van der Waals surface area contributed by atoms with E-state index in [0.717, 1.165) is 12.8 Å². The molecule has 1 aromatic carbocycles. The average Bonchev–Trinajstić information content (AvgIpc) is 2.32. The number of aryl methyl sites for hydroxylation is 1. The van der Waals surface area contributed by atoms with Crippen molar-refractivity contribution in [2.24, 2.45) is 0 Å². The van der Waals surface area contributed by atoms with Gasteiger partial charge in [-0.2, -0.15) is 0 Å². The van der Waals surface area contributed by atoms with Crippen LogP contribution in [0.2, 0.25) is 0 Å². The first kappa shape index (κ1) is 15.1. The summed E-state index contributed by atoms with van der Waals surface area (Å²) in [6.07, 6.45) is 2.26. The molecule has 1 amide bonds. The lowest BCUT2D eigenvalue weighted by molar-refractivity contribution is -0.137. The Morgan fingerprint density at radius 2 is 2.00 bits per heavy atom. The zero-order valence-corrected chi connectivity index (χ0v) is 10.9. The summed E-state index contributed by atoms with van der Waals surface area (Å²) >= 11 is 0. The first-order valence-corrected chi connectivity index (χ1v) is 6.27. The fourth-order valence-electron chi connectivity index (χ4n) is 1.76. The van der Waals surface area contributed by atoms with Crippen molar-refractivity contribution in [1.82, 2.24) is 5.32 Å². The van der Waals surface area contributed by atoms with E-state index in [-0.39, 0.29) is 18.1 Å². The number of aliphatic carboxylic acids is 1. The van der Waals surface area contributed by atoms with Gasteiger partial charge < -0.3 is 10.4 Å². The molecule has 0 aliphatic rings. The minimum Gasteiger partial charge on any atom is -0.481 e. The molecule has 104 valence electrons. The summed E-state index contributed by atoms with van der Waals surface area (Å²) in [6, 6.07) is 4.04. The SMILES string of the molecule is Cc1cc(F)ccc1C(=O)NCCCCCC(=O)O. The van der Waals surface area contributed by atoms with Crippen LogP contribution in [0.25, 0.3) is 0 Å². The predicted molar refractivity (Wildman–Crippen MR) is 69.6 cm³/mol. The minimum atomic E-state index is -0.800. The number of halogens is 1. The van der Waals surface area contributed by atoms with Crippen molar-refractivity contribution in [3.8, 4) is 0 Å². The fraction of sp³-hybridized carbons (Fsp3) is 0.429. The highest BCUT2D eigenvalue weighted by Crippen LogP contribution is 2.10. The summed E-state index contributed by atoms with van der Waals surface area (Å²) in [4.78, 5) is 22.1. The molecule has 0 saturated carbocycles. The quantitative estimate of drug-likeness (QED) is 0.746. The van der Waals surface area contributed by atoms with Crippen molar-refractivity contribution in [3.05, 3.63) is 35.1 Å². The van der Waals surface area contributed by atoms with Gasteiger partial charge >= 0.3 is 5.97 Å². The molecule has 0 aliphatic heterocycles. The maximum absolute atomic E-state index is 12.9. The topological polar surface area (TPSA) is 66.4 Å². The molecular formula is C14H18FNO3. The predicted octanol–water partition coefficient (Wildman–Crippen LogP) is 2.51. The van der Waals surface area contributed by atoms with Gasteiger partial charge in [0.2, 0.25) is 0 Å². The van der Waals surface area contributed by atoms with Crippen molar-refractivity contribution < 1.29 is 19.1 Å². The fourth-order valence-corrected chi connectivity index (χ4v) is 1.76. The molecule has 0 bridgehead atoms. The number of hydrogen-bond acceptors (Lipinski definition) is 2. The van der Waals surface area contributed by atoms with Gasteiger partial charge in [0.1, 0.15) is 5.82 Å². The molecule has 1 rings (SSSR count). The number of benzene rings is 1. The van der Waals surface area contributed by atoms with Crippen LogP contribution in [0.1, 0.15) is 41.6 Å². The third kappa shape index (κ3) is 5.50. The lowest BCUT2D eigenvalue weighted by atomic mass is 10.1. The first-order chi connectivity index (χ1) is 9.00. The van der Waals surface area contributed by atoms with E-state index < -0.39 is 5.97 Å². The molecule has 0 heterocycles. The van der Waals surface area contributed by atoms with E-state index >= 15 is 0 Å². The Hall–Kier alpha value is -1.91. The second-order valence-electron chi connectivity index (χ2n) is 4.42. The van der Waals surface area contributed by atoms with Crippen molar-refractivity contribution in [1.29, 1.82) is 0 Å². The maximum Gasteiger partial charge on any atom is 0.303 e. The van der Waals surface area contributed by atoms with Crippen molar-refractivity contribution in [2.75, 3.05) is 6.54 Å². The van der Waals surface area contributed by atoms with E-state index in [1.54, 1.807) is 6.92 Å². The normalized spacial score (nSPS) is 10.2. The average molecular weight is 267 g/mol. The smallest absolute Gasteiger partial charge is 0.303 e. The highest BCUT2D eigenvalue weighted by atomic mass is 19.1. The van der Waals surface area contributed by atoms with E-state index in [0.29, 0.717) is 24.1 Å². The summed E-state index contributed by atoms with van der Waals surface area (Å²) in [5.41, 5.74) is 1.07. The summed E-state index contributed by atoms with van der Waals surface area (Å²) < 4.78 is 12.9. The van der Waals surface area contributed by atoms with Gasteiger partial charge in [-0.25, -0.2) is 4.39 Å². The lowest BCUT2D eigenvalue weighted by Crippen LogP contribution is -2.25. The number of nitrogens with one attached hydrogen (secondary N) is 1. The number of carboxylic acid groups (broad SMARTS) is 1. The molecule has 0 spiro atoms. The van der Waals surface area contributed by atoms with Gasteiger partial charge in [0.05, 0.1) is 0 Å². The van der Waals surface area contributed by atoms with E-state index in [9.17, 15) is 14.0 Å². The Labute approximate surface area is 111 Å². The summed E-state index contributed by atoms with van der Waals surface area (Å²) in [7, 11) is 0. The Morgan fingerprint density at radius 3 is 2.63 bits per heavy atom. The molecule has 0 radical (unpaired) electrons. The monoisotopic (exact) mass is 267 g/mol. The van der Waals surface area contributed by atoms with Crippen molar-refractivity contribution in [2.45, 2.75) is 32.6 Å². The standard InChI is InChI=1S/C14H18FNO3/c1-10-9-11(15)6-7-12(10)14(19)16-8-4-2-3-5-13(17)18/h6-7,9H,2-5,8H2,1H3,(H,16,19)(H,17,18). The number of carboxylic acids is 1. The highest BCUT2D eigenvalue weighted by Gasteiger charge is 2.08. The molecule has 0 saturated heterocycles. The van der Waals surface area contributed by atoms with Gasteiger partial charge in [-0.05, 0) is 43.5 Å². The molecule has 0 aromatic heterocycles. The van der Waals surface area contributed by atoms with Gasteiger partial charge in [0.15, 0.2) is 0 Å². The number of unbranched alkanes of at least 4 members (excludes halogenated alkanes) is 2. The summed E-state index contributed by atoms with van der Waals surface area (Å²) in [6.45, 7) is 2.18. The summed E-state index contributed by atoms with van der Waals surface area (Å²) in [5, 5.41) is 11.2. The lowest BCUT2D eigenvalue weighted by Gasteiger charge is -2.07. The van der Waals surface area contributed by atoms with Crippen LogP contribution in [0.4, 0.5) is 4.39 Å². The third-order valence-electron chi connectivity index (χ3n) is 2.79. The van der Waals surface area contributed by atoms with Crippen LogP contribution < -0.4 is 5.32 Å². The third-order valence-corrected chi connectivity index (χ3v) is 2.79. The van der Waals surface area contributed by atoms with Crippen molar-refractivity contribution in [3.63, 3.8) is 0 Å². The first-order valence-electron chi connectivity index (χ1n) is 6.27. The van der Waals surface area contributed by atoms with E-state index in [4.69, 9.17) is 5.11 Å². The maximum atomic E-state index is 12.9. The molecule has 5 heteroatoms. The van der Waals surface area contributed by atoms with Crippen LogP contribution in [0.3, 0.4) is 0 Å². The zero-order chi connectivity index (χ0) is 14.3. The molecule has 19 heavy (non-hydrogen) atoms. The second kappa shape index (κ2) is 7.51. The Balaban J connectivity index is 2.29. The van der Waals surface area contributed by atoms with Crippen LogP contribution in [0.5, 0.6) is 0 Å². The Morgan fingerprint density at radius 1 is 1.26 bits per heavy atom. The van der Waals surface area contributed by atoms with Crippen LogP contribution >= 0.6 is 0 Å². The highest BCUT2D eigenvalue weighted by molar-refractivity contribution is 5.95.